The molecule has 6 nitrogen and oxygen atoms in total. The van der Waals surface area contributed by atoms with Crippen molar-refractivity contribution in [1.82, 2.24) is 19.5 Å². The fraction of sp³-hybridized carbons (Fsp3) is 0. The zero-order valence-corrected chi connectivity index (χ0v) is 27.6. The average molecular weight is 801 g/mol. The summed E-state index contributed by atoms with van der Waals surface area (Å²) in [6.07, 6.45) is 5.05. The van der Waals surface area contributed by atoms with Crippen LogP contribution < -0.4 is 0 Å². The van der Waals surface area contributed by atoms with Crippen LogP contribution in [0.2, 0.25) is 0 Å². The summed E-state index contributed by atoms with van der Waals surface area (Å²) >= 11 is 0. The molecule has 0 saturated carbocycles. The molecule has 4 aromatic heterocycles. The molecule has 9 aromatic rings. The molecule has 48 heavy (non-hydrogen) atoms. The van der Waals surface area contributed by atoms with Gasteiger partial charge in [0.1, 0.15) is 22.8 Å². The van der Waals surface area contributed by atoms with Crippen LogP contribution in [0.3, 0.4) is 0 Å². The van der Waals surface area contributed by atoms with Crippen molar-refractivity contribution in [3.05, 3.63) is 152 Å². The summed E-state index contributed by atoms with van der Waals surface area (Å²) < 4.78 is 8.15. The van der Waals surface area contributed by atoms with E-state index in [0.717, 1.165) is 50.1 Å². The number of benzene rings is 5. The van der Waals surface area contributed by atoms with Gasteiger partial charge in [0.15, 0.2) is 11.2 Å². The Labute approximate surface area is 290 Å². The third-order valence-corrected chi connectivity index (χ3v) is 8.56. The van der Waals surface area contributed by atoms with Gasteiger partial charge >= 0.3 is 0 Å². The van der Waals surface area contributed by atoms with Crippen LogP contribution in [-0.4, -0.2) is 24.6 Å². The van der Waals surface area contributed by atoms with Crippen LogP contribution in [0, 0.1) is 6.07 Å². The van der Waals surface area contributed by atoms with Crippen LogP contribution in [-0.2, 0) is 21.1 Å². The largest absolute Gasteiger partial charge is 0.505 e. The van der Waals surface area contributed by atoms with E-state index < -0.39 is 0 Å². The molecule has 1 N–H and O–H groups in total. The van der Waals surface area contributed by atoms with Crippen molar-refractivity contribution in [2.24, 2.45) is 0 Å². The van der Waals surface area contributed by atoms with E-state index in [2.05, 4.69) is 113 Å². The molecule has 0 spiro atoms. The maximum absolute atomic E-state index is 10.7. The Morgan fingerprint density at radius 1 is 0.625 bits per heavy atom. The standard InChI is InChI=1S/C41H25N4O2.Pt/c46-35-23-42-24-37-38(35)39-36(47-37)22-21-33(43-39)34-25-45(41(44-34)32-20-9-16-26-15-7-8-17-29(26)32)40-30(27-11-3-1-4-12-27)18-10-19-31(40)28-13-5-2-6-14-28;/h1-16,18-25,46H;/q-1;. The van der Waals surface area contributed by atoms with Crippen molar-refractivity contribution in [1.29, 1.82) is 0 Å². The average Bonchev–Trinajstić information content (AvgIpc) is 3.74. The second-order valence-electron chi connectivity index (χ2n) is 11.4. The summed E-state index contributed by atoms with van der Waals surface area (Å²) in [5.74, 6) is 0.785. The monoisotopic (exact) mass is 800 g/mol. The first-order chi connectivity index (χ1) is 23.2. The van der Waals surface area contributed by atoms with Gasteiger partial charge in [-0.25, -0.2) is 9.97 Å². The molecule has 0 aliphatic rings. The molecule has 0 unspecified atom stereocenters. The Hall–Kier alpha value is -5.84. The van der Waals surface area contributed by atoms with E-state index in [0.29, 0.717) is 33.5 Å². The number of aromatic hydroxyl groups is 1. The van der Waals surface area contributed by atoms with Gasteiger partial charge in [0.2, 0.25) is 0 Å². The first-order valence-electron chi connectivity index (χ1n) is 15.3. The van der Waals surface area contributed by atoms with Crippen molar-refractivity contribution in [3.8, 4) is 56.5 Å². The summed E-state index contributed by atoms with van der Waals surface area (Å²) in [6, 6.07) is 46.8. The van der Waals surface area contributed by atoms with Crippen molar-refractivity contribution in [2.45, 2.75) is 0 Å². The number of aromatic nitrogens is 4. The molecule has 0 fully saturated rings. The van der Waals surface area contributed by atoms with E-state index in [-0.39, 0.29) is 26.8 Å². The molecule has 5 aromatic carbocycles. The summed E-state index contributed by atoms with van der Waals surface area (Å²) in [6.45, 7) is 0. The summed E-state index contributed by atoms with van der Waals surface area (Å²) in [5, 5.41) is 13.2. The fourth-order valence-corrected chi connectivity index (χ4v) is 6.42. The molecule has 0 radical (unpaired) electrons. The van der Waals surface area contributed by atoms with Crippen LogP contribution in [0.5, 0.6) is 5.75 Å². The maximum atomic E-state index is 10.7. The Balaban J connectivity index is 0.00000336. The summed E-state index contributed by atoms with van der Waals surface area (Å²) in [5.41, 5.74) is 9.23. The van der Waals surface area contributed by atoms with Crippen molar-refractivity contribution < 1.29 is 30.6 Å². The quantitative estimate of drug-likeness (QED) is 0.176. The number of para-hydroxylation sites is 1. The van der Waals surface area contributed by atoms with Crippen molar-refractivity contribution in [3.63, 3.8) is 0 Å². The third-order valence-electron chi connectivity index (χ3n) is 8.56. The normalized spacial score (nSPS) is 11.2. The van der Waals surface area contributed by atoms with Crippen molar-refractivity contribution in [2.75, 3.05) is 0 Å². The molecule has 9 rings (SSSR count). The van der Waals surface area contributed by atoms with Gasteiger partial charge in [-0.2, -0.15) is 0 Å². The van der Waals surface area contributed by atoms with Crippen LogP contribution in [0.15, 0.2) is 150 Å². The number of hydrogen-bond donors (Lipinski definition) is 1. The smallest absolute Gasteiger partial charge is 0.159 e. The predicted molar refractivity (Wildman–Crippen MR) is 186 cm³/mol. The Morgan fingerprint density at radius 2 is 1.31 bits per heavy atom. The maximum Gasteiger partial charge on any atom is 0.159 e. The van der Waals surface area contributed by atoms with Gasteiger partial charge in [-0.1, -0.05) is 103 Å². The molecule has 7 heteroatoms. The fourth-order valence-electron chi connectivity index (χ4n) is 6.42. The SMILES string of the molecule is Oc1cncc2oc3ccc(-c4cn(-c5c(-c6ccccc6)cccc5-c5ccccc5)c(-c5cccc6ccc[c-]c56)n4)nc3c12.[Pt]. The molecule has 0 atom stereocenters. The summed E-state index contributed by atoms with van der Waals surface area (Å²) in [4.78, 5) is 14.4. The molecule has 0 aliphatic heterocycles. The number of nitrogens with zero attached hydrogens (tertiary/aromatic N) is 4. The molecule has 4 heterocycles. The van der Waals surface area contributed by atoms with E-state index in [1.165, 1.54) is 6.20 Å². The van der Waals surface area contributed by atoms with Crippen LogP contribution in [0.1, 0.15) is 0 Å². The van der Waals surface area contributed by atoms with Gasteiger partial charge in [-0.15, -0.1) is 35.0 Å². The number of pyridine rings is 2. The number of furan rings is 1. The van der Waals surface area contributed by atoms with Gasteiger partial charge in [0.05, 0.1) is 29.2 Å². The topological polar surface area (TPSA) is 77.0 Å². The molecular weight excluding hydrogens is 776 g/mol. The first-order valence-corrected chi connectivity index (χ1v) is 15.3. The van der Waals surface area contributed by atoms with Crippen LogP contribution in [0.25, 0.3) is 83.6 Å². The zero-order valence-electron chi connectivity index (χ0n) is 25.3. The molecule has 0 bridgehead atoms. The van der Waals surface area contributed by atoms with E-state index >= 15 is 0 Å². The first kappa shape index (κ1) is 29.6. The Morgan fingerprint density at radius 3 is 2.06 bits per heavy atom. The minimum Gasteiger partial charge on any atom is -0.505 e. The second-order valence-corrected chi connectivity index (χ2v) is 11.4. The number of rotatable bonds is 5. The number of hydrogen-bond acceptors (Lipinski definition) is 5. The van der Waals surface area contributed by atoms with Gasteiger partial charge in [-0.05, 0) is 23.3 Å². The van der Waals surface area contributed by atoms with Gasteiger partial charge in [0.25, 0.3) is 0 Å². The zero-order chi connectivity index (χ0) is 31.3. The van der Waals surface area contributed by atoms with Gasteiger partial charge in [-0.3, -0.25) is 4.98 Å². The van der Waals surface area contributed by atoms with Crippen LogP contribution >= 0.6 is 0 Å². The molecular formula is C41H25N4O2Pt-. The third kappa shape index (κ3) is 4.90. The molecule has 0 aliphatic carbocycles. The predicted octanol–water partition coefficient (Wildman–Crippen LogP) is 9.89. The molecule has 232 valence electrons. The van der Waals surface area contributed by atoms with Gasteiger partial charge in [0, 0.05) is 38.4 Å². The Bertz CT molecular complexity index is 2530. The summed E-state index contributed by atoms with van der Waals surface area (Å²) in [7, 11) is 0. The van der Waals surface area contributed by atoms with E-state index in [9.17, 15) is 5.11 Å². The van der Waals surface area contributed by atoms with Gasteiger partial charge < -0.3 is 14.1 Å². The molecule has 0 saturated heterocycles. The number of imidazole rings is 1. The minimum atomic E-state index is 0. The van der Waals surface area contributed by atoms with Crippen LogP contribution in [0.4, 0.5) is 0 Å². The van der Waals surface area contributed by atoms with Crippen molar-refractivity contribution >= 4 is 32.8 Å². The van der Waals surface area contributed by atoms with E-state index in [4.69, 9.17) is 14.4 Å². The number of fused-ring (bicyclic) bond motifs is 4. The molecule has 0 amide bonds. The van der Waals surface area contributed by atoms with E-state index in [1.807, 2.05) is 36.4 Å². The second kappa shape index (κ2) is 12.1. The minimum absolute atomic E-state index is 0. The Kier molecular flexibility index (Phi) is 7.43. The van der Waals surface area contributed by atoms with E-state index in [1.54, 1.807) is 6.20 Å².